The van der Waals surface area contributed by atoms with Crippen molar-refractivity contribution in [2.24, 2.45) is 16.6 Å². The Hall–Kier alpha value is 0.100. The van der Waals surface area contributed by atoms with Gasteiger partial charge in [-0.25, -0.2) is 0 Å². The van der Waals surface area contributed by atoms with E-state index in [1.54, 1.807) is 0 Å². The van der Waals surface area contributed by atoms with Gasteiger partial charge in [-0.1, -0.05) is 27.2 Å². The summed E-state index contributed by atoms with van der Waals surface area (Å²) in [5.74, 6) is 1.66. The number of hydrogen-bond acceptors (Lipinski definition) is 1. The Morgan fingerprint density at radius 1 is 1.17 bits per heavy atom. The molecule has 0 unspecified atom stereocenters. The molecule has 0 N–H and O–H groups in total. The highest BCUT2D eigenvalue weighted by Gasteiger charge is 2.12. The van der Waals surface area contributed by atoms with Crippen molar-refractivity contribution >= 4 is 8.37 Å². The zero-order chi connectivity index (χ0) is 9.56. The SMILES string of the molecule is CC[C@@H](C)[C@H](C)C[C@H](C)N=PC. The maximum Gasteiger partial charge on any atom is 0.0517 e. The van der Waals surface area contributed by atoms with E-state index in [0.29, 0.717) is 6.04 Å². The van der Waals surface area contributed by atoms with Gasteiger partial charge in [-0.05, 0) is 40.2 Å². The lowest BCUT2D eigenvalue weighted by Crippen LogP contribution is -2.12. The van der Waals surface area contributed by atoms with Gasteiger partial charge >= 0.3 is 0 Å². The van der Waals surface area contributed by atoms with E-state index in [1.165, 1.54) is 21.2 Å². The Labute approximate surface area is 78.8 Å². The monoisotopic (exact) mass is 187 g/mol. The second-order valence-corrected chi connectivity index (χ2v) is 4.39. The lowest BCUT2D eigenvalue weighted by atomic mass is 9.89. The lowest BCUT2D eigenvalue weighted by molar-refractivity contribution is 0.338. The number of hydrogen-bond donors (Lipinski definition) is 0. The third-order valence-corrected chi connectivity index (χ3v) is 3.27. The Balaban J connectivity index is 3.74. The Morgan fingerprint density at radius 2 is 1.75 bits per heavy atom. The first kappa shape index (κ1) is 12.1. The van der Waals surface area contributed by atoms with E-state index in [-0.39, 0.29) is 0 Å². The zero-order valence-electron chi connectivity index (χ0n) is 9.04. The van der Waals surface area contributed by atoms with Crippen LogP contribution in [0.4, 0.5) is 0 Å². The second-order valence-electron chi connectivity index (χ2n) is 3.76. The number of rotatable bonds is 5. The van der Waals surface area contributed by atoms with Crippen molar-refractivity contribution in [3.63, 3.8) is 0 Å². The summed E-state index contributed by atoms with van der Waals surface area (Å²) in [6, 6.07) is 0.542. The molecule has 72 valence electrons. The minimum absolute atomic E-state index is 0.542. The molecule has 0 rings (SSSR count). The van der Waals surface area contributed by atoms with Crippen molar-refractivity contribution in [2.75, 3.05) is 6.66 Å². The molecule has 0 aromatic carbocycles. The van der Waals surface area contributed by atoms with Gasteiger partial charge in [0.1, 0.15) is 0 Å². The van der Waals surface area contributed by atoms with Gasteiger partial charge in [0.25, 0.3) is 0 Å². The average Bonchev–Trinajstić information content (AvgIpc) is 2.03. The fraction of sp³-hybridized carbons (Fsp3) is 1.00. The first-order valence-corrected chi connectivity index (χ1v) is 6.20. The molecular weight excluding hydrogens is 165 g/mol. The van der Waals surface area contributed by atoms with E-state index in [1.807, 2.05) is 0 Å². The fourth-order valence-corrected chi connectivity index (χ4v) is 1.91. The number of nitrogens with zero attached hydrogens (tertiary/aromatic N) is 1. The van der Waals surface area contributed by atoms with Crippen LogP contribution in [-0.2, 0) is 0 Å². The van der Waals surface area contributed by atoms with Crippen molar-refractivity contribution < 1.29 is 0 Å². The molecule has 12 heavy (non-hydrogen) atoms. The standard InChI is InChI=1S/C10H22NP/c1-6-8(2)9(3)7-10(4)11-12-5/h8-10H,6-7H2,1-5H3/t8-,9-,10+/m1/s1. The van der Waals surface area contributed by atoms with Crippen molar-refractivity contribution in [1.29, 1.82) is 0 Å². The third-order valence-electron chi connectivity index (χ3n) is 2.64. The van der Waals surface area contributed by atoms with Gasteiger partial charge in [-0.15, -0.1) is 0 Å². The van der Waals surface area contributed by atoms with Gasteiger partial charge in [0.05, 0.1) is 6.04 Å². The van der Waals surface area contributed by atoms with E-state index >= 15 is 0 Å². The van der Waals surface area contributed by atoms with Crippen LogP contribution in [-0.4, -0.2) is 12.7 Å². The van der Waals surface area contributed by atoms with Crippen LogP contribution in [0.25, 0.3) is 0 Å². The van der Waals surface area contributed by atoms with E-state index < -0.39 is 0 Å². The normalized spacial score (nSPS) is 19.4. The molecule has 2 heteroatoms. The van der Waals surface area contributed by atoms with Crippen molar-refractivity contribution in [3.8, 4) is 0 Å². The molecule has 0 fully saturated rings. The van der Waals surface area contributed by atoms with Crippen LogP contribution in [0, 0.1) is 11.8 Å². The maximum atomic E-state index is 4.45. The minimum atomic E-state index is 0.542. The molecule has 0 spiro atoms. The summed E-state index contributed by atoms with van der Waals surface area (Å²) in [5, 5.41) is 0. The first-order valence-electron chi connectivity index (χ1n) is 4.90. The minimum Gasteiger partial charge on any atom is -0.266 e. The zero-order valence-corrected chi connectivity index (χ0v) is 9.94. The van der Waals surface area contributed by atoms with Crippen molar-refractivity contribution in [3.05, 3.63) is 0 Å². The molecule has 0 saturated carbocycles. The van der Waals surface area contributed by atoms with Crippen LogP contribution in [0.1, 0.15) is 40.5 Å². The van der Waals surface area contributed by atoms with Gasteiger partial charge in [-0.2, -0.15) is 0 Å². The molecule has 0 aliphatic carbocycles. The Morgan fingerprint density at radius 3 is 2.17 bits per heavy atom. The summed E-state index contributed by atoms with van der Waals surface area (Å²) in [5.41, 5.74) is 0. The molecule has 0 saturated heterocycles. The molecular formula is C10H22NP. The Kier molecular flexibility index (Phi) is 6.65. The van der Waals surface area contributed by atoms with Crippen LogP contribution < -0.4 is 0 Å². The van der Waals surface area contributed by atoms with E-state index in [2.05, 4.69) is 39.1 Å². The highest BCUT2D eigenvalue weighted by Crippen LogP contribution is 2.21. The van der Waals surface area contributed by atoms with Crippen LogP contribution >= 0.6 is 8.37 Å². The smallest absolute Gasteiger partial charge is 0.0517 e. The van der Waals surface area contributed by atoms with Crippen molar-refractivity contribution in [2.45, 2.75) is 46.6 Å². The largest absolute Gasteiger partial charge is 0.266 e. The quantitative estimate of drug-likeness (QED) is 0.572. The molecule has 0 aliphatic heterocycles. The molecule has 1 nitrogen and oxygen atoms in total. The van der Waals surface area contributed by atoms with Gasteiger partial charge in [0.15, 0.2) is 0 Å². The van der Waals surface area contributed by atoms with E-state index in [0.717, 1.165) is 11.8 Å². The Bertz CT molecular complexity index is 134. The summed E-state index contributed by atoms with van der Waals surface area (Å²) in [4.78, 5) is 0. The van der Waals surface area contributed by atoms with E-state index in [4.69, 9.17) is 0 Å². The molecule has 0 aromatic rings. The summed E-state index contributed by atoms with van der Waals surface area (Å²) < 4.78 is 4.45. The van der Waals surface area contributed by atoms with Crippen molar-refractivity contribution in [1.82, 2.24) is 0 Å². The summed E-state index contributed by atoms with van der Waals surface area (Å²) in [6.45, 7) is 11.2. The highest BCUT2D eigenvalue weighted by molar-refractivity contribution is 7.25. The molecule has 0 heterocycles. The third kappa shape index (κ3) is 4.87. The lowest BCUT2D eigenvalue weighted by Gasteiger charge is -2.19. The van der Waals surface area contributed by atoms with Gasteiger partial charge < -0.3 is 0 Å². The topological polar surface area (TPSA) is 12.4 Å². The summed E-state index contributed by atoms with van der Waals surface area (Å²) >= 11 is 0. The molecule has 0 aromatic heterocycles. The average molecular weight is 187 g/mol. The van der Waals surface area contributed by atoms with Crippen LogP contribution in [0.2, 0.25) is 0 Å². The van der Waals surface area contributed by atoms with Gasteiger partial charge in [0, 0.05) is 0 Å². The molecule has 3 atom stereocenters. The predicted octanol–water partition coefficient (Wildman–Crippen LogP) is 4.21. The van der Waals surface area contributed by atoms with Gasteiger partial charge in [-0.3, -0.25) is 4.74 Å². The maximum absolute atomic E-state index is 4.45. The molecule has 0 radical (unpaired) electrons. The fourth-order valence-electron chi connectivity index (χ4n) is 1.42. The molecule has 0 amide bonds. The summed E-state index contributed by atoms with van der Waals surface area (Å²) in [7, 11) is 1.18. The van der Waals surface area contributed by atoms with Crippen LogP contribution in [0.5, 0.6) is 0 Å². The first-order chi connectivity index (χ1) is 5.61. The molecule has 0 aliphatic rings. The van der Waals surface area contributed by atoms with Gasteiger partial charge in [0.2, 0.25) is 0 Å². The highest BCUT2D eigenvalue weighted by atomic mass is 31.1. The van der Waals surface area contributed by atoms with Crippen LogP contribution in [0.3, 0.4) is 0 Å². The van der Waals surface area contributed by atoms with E-state index in [9.17, 15) is 0 Å². The summed E-state index contributed by atoms with van der Waals surface area (Å²) in [6.07, 6.45) is 2.54. The predicted molar refractivity (Wildman–Crippen MR) is 58.0 cm³/mol. The second kappa shape index (κ2) is 6.60. The van der Waals surface area contributed by atoms with Crippen LogP contribution in [0.15, 0.2) is 4.74 Å². The molecule has 0 bridgehead atoms.